The predicted octanol–water partition coefficient (Wildman–Crippen LogP) is 4.09. The molecule has 1 fully saturated rings. The maximum atomic E-state index is 13.1. The van der Waals surface area contributed by atoms with Crippen LogP contribution in [0.25, 0.3) is 0 Å². The number of rotatable bonds is 6. The maximum absolute atomic E-state index is 13.1. The van der Waals surface area contributed by atoms with Gasteiger partial charge in [0.25, 0.3) is 11.6 Å². The lowest BCUT2D eigenvalue weighted by molar-refractivity contribution is -0.387. The van der Waals surface area contributed by atoms with Gasteiger partial charge in [-0.3, -0.25) is 14.9 Å². The number of hydrogen-bond acceptors (Lipinski definition) is 7. The fourth-order valence-electron chi connectivity index (χ4n) is 3.47. The smallest absolute Gasteiger partial charge is 0.271 e. The molecule has 1 atom stereocenters. The van der Waals surface area contributed by atoms with Gasteiger partial charge in [0.15, 0.2) is 0 Å². The summed E-state index contributed by atoms with van der Waals surface area (Å²) in [5.74, 6) is -0.477. The van der Waals surface area contributed by atoms with Gasteiger partial charge in [-0.2, -0.15) is 9.40 Å². The van der Waals surface area contributed by atoms with E-state index in [2.05, 4.69) is 5.10 Å². The first-order valence-electron chi connectivity index (χ1n) is 9.55. The third-order valence-electron chi connectivity index (χ3n) is 4.98. The molecule has 4 rings (SSSR count). The molecule has 3 aromatic rings. The molecule has 9 nitrogen and oxygen atoms in total. The normalized spacial score (nSPS) is 16.8. The van der Waals surface area contributed by atoms with E-state index in [4.69, 9.17) is 11.6 Å². The number of nitro benzene ring substituents is 1. The second kappa shape index (κ2) is 9.02. The summed E-state index contributed by atoms with van der Waals surface area (Å²) < 4.78 is 28.4. The summed E-state index contributed by atoms with van der Waals surface area (Å²) in [7, 11) is -3.88. The Balaban J connectivity index is 1.55. The van der Waals surface area contributed by atoms with Crippen LogP contribution in [0.4, 0.5) is 5.69 Å². The highest BCUT2D eigenvalue weighted by atomic mass is 35.5. The summed E-state index contributed by atoms with van der Waals surface area (Å²) in [6.07, 6.45) is 3.79. The first kappa shape index (κ1) is 22.5. The monoisotopic (exact) mass is 492 g/mol. The fourth-order valence-corrected chi connectivity index (χ4v) is 6.15. The van der Waals surface area contributed by atoms with Crippen LogP contribution in [0.3, 0.4) is 0 Å². The van der Waals surface area contributed by atoms with Crippen molar-refractivity contribution in [3.63, 3.8) is 0 Å². The standard InChI is InChI=1S/C20H17ClN4O5S2/c21-14-7-9-16(10-8-14)32(29,30)24-11-3-5-18(24)20(26)23-13-15(12-22-23)31-19-6-2-1-4-17(19)25(27)28/h1-2,4,6-10,12-13,18H,3,5,11H2/t18-/m1/s1. The van der Waals surface area contributed by atoms with E-state index in [1.54, 1.807) is 18.2 Å². The molecule has 1 aliphatic rings. The van der Waals surface area contributed by atoms with Crippen LogP contribution in [0.5, 0.6) is 0 Å². The van der Waals surface area contributed by atoms with E-state index in [0.717, 1.165) is 16.4 Å². The zero-order valence-corrected chi connectivity index (χ0v) is 18.9. The molecule has 32 heavy (non-hydrogen) atoms. The third kappa shape index (κ3) is 4.42. The number of halogens is 1. The second-order valence-electron chi connectivity index (χ2n) is 7.01. The Morgan fingerprint density at radius 3 is 2.62 bits per heavy atom. The van der Waals surface area contributed by atoms with Gasteiger partial charge >= 0.3 is 0 Å². The minimum Gasteiger partial charge on any atom is -0.271 e. The molecule has 166 valence electrons. The zero-order chi connectivity index (χ0) is 22.9. The Bertz CT molecular complexity index is 1280. The Morgan fingerprint density at radius 2 is 1.91 bits per heavy atom. The third-order valence-corrected chi connectivity index (χ3v) is 8.17. The van der Waals surface area contributed by atoms with E-state index in [0.29, 0.717) is 27.7 Å². The number of nitro groups is 1. The number of aromatic nitrogens is 2. The SMILES string of the molecule is O=C([C@H]1CCCN1S(=O)(=O)c1ccc(Cl)cc1)n1cc(Sc2ccccc2[N+](=O)[O-])cn1. The lowest BCUT2D eigenvalue weighted by atomic mass is 10.2. The number of benzene rings is 2. The van der Waals surface area contributed by atoms with Gasteiger partial charge in [-0.1, -0.05) is 35.5 Å². The Kier molecular flexibility index (Phi) is 6.33. The van der Waals surface area contributed by atoms with Crippen LogP contribution in [0.2, 0.25) is 5.02 Å². The lowest BCUT2D eigenvalue weighted by Crippen LogP contribution is -2.42. The molecule has 0 N–H and O–H groups in total. The Hall–Kier alpha value is -2.73. The van der Waals surface area contributed by atoms with Crippen LogP contribution in [-0.2, 0) is 10.0 Å². The van der Waals surface area contributed by atoms with Gasteiger partial charge in [0, 0.05) is 23.8 Å². The van der Waals surface area contributed by atoms with E-state index in [9.17, 15) is 23.3 Å². The number of carbonyl (C=O) groups excluding carboxylic acids is 1. The molecule has 1 aliphatic heterocycles. The number of sulfonamides is 1. The Morgan fingerprint density at radius 1 is 1.19 bits per heavy atom. The lowest BCUT2D eigenvalue weighted by Gasteiger charge is -2.22. The summed E-state index contributed by atoms with van der Waals surface area (Å²) in [6, 6.07) is 11.2. The summed E-state index contributed by atoms with van der Waals surface area (Å²) >= 11 is 6.96. The van der Waals surface area contributed by atoms with Gasteiger partial charge in [0.2, 0.25) is 10.0 Å². The zero-order valence-electron chi connectivity index (χ0n) is 16.5. The molecule has 1 aromatic heterocycles. The number of nitrogens with zero attached hydrogens (tertiary/aromatic N) is 4. The minimum absolute atomic E-state index is 0.0485. The molecule has 2 aromatic carbocycles. The van der Waals surface area contributed by atoms with Crippen LogP contribution in [-0.4, -0.2) is 45.9 Å². The number of para-hydroxylation sites is 1. The van der Waals surface area contributed by atoms with E-state index in [1.165, 1.54) is 47.0 Å². The van der Waals surface area contributed by atoms with Crippen molar-refractivity contribution in [3.05, 3.63) is 76.1 Å². The van der Waals surface area contributed by atoms with Crippen molar-refractivity contribution in [3.8, 4) is 0 Å². The topological polar surface area (TPSA) is 115 Å². The first-order chi connectivity index (χ1) is 15.3. The second-order valence-corrected chi connectivity index (χ2v) is 10.5. The average Bonchev–Trinajstić information content (AvgIpc) is 3.44. The van der Waals surface area contributed by atoms with Crippen molar-refractivity contribution < 1.29 is 18.1 Å². The first-order valence-corrected chi connectivity index (χ1v) is 12.2. The fraction of sp³-hybridized carbons (Fsp3) is 0.200. The molecular weight excluding hydrogens is 476 g/mol. The van der Waals surface area contributed by atoms with Gasteiger partial charge in [-0.15, -0.1) is 0 Å². The molecular formula is C20H17ClN4O5S2. The van der Waals surface area contributed by atoms with Gasteiger partial charge in [0.1, 0.15) is 6.04 Å². The van der Waals surface area contributed by atoms with Crippen LogP contribution in [0, 0.1) is 10.1 Å². The van der Waals surface area contributed by atoms with Crippen LogP contribution in [0.1, 0.15) is 17.6 Å². The van der Waals surface area contributed by atoms with Crippen molar-refractivity contribution in [1.82, 2.24) is 14.1 Å². The van der Waals surface area contributed by atoms with Crippen molar-refractivity contribution in [2.75, 3.05) is 6.54 Å². The summed E-state index contributed by atoms with van der Waals surface area (Å²) in [4.78, 5) is 24.8. The quantitative estimate of drug-likeness (QED) is 0.376. The maximum Gasteiger partial charge on any atom is 0.283 e. The van der Waals surface area contributed by atoms with Gasteiger partial charge in [0.05, 0.1) is 25.8 Å². The van der Waals surface area contributed by atoms with Gasteiger partial charge in [-0.05, 0) is 43.2 Å². The minimum atomic E-state index is -3.88. The van der Waals surface area contributed by atoms with Crippen molar-refractivity contribution in [2.24, 2.45) is 0 Å². The van der Waals surface area contributed by atoms with Crippen molar-refractivity contribution >= 4 is 45.0 Å². The Labute approximate surface area is 193 Å². The molecule has 0 spiro atoms. The number of hydrogen-bond donors (Lipinski definition) is 0. The van der Waals surface area contributed by atoms with Gasteiger partial charge < -0.3 is 0 Å². The molecule has 0 radical (unpaired) electrons. The molecule has 0 bridgehead atoms. The van der Waals surface area contributed by atoms with Crippen molar-refractivity contribution in [1.29, 1.82) is 0 Å². The highest BCUT2D eigenvalue weighted by Crippen LogP contribution is 2.34. The van der Waals surface area contributed by atoms with E-state index < -0.39 is 26.9 Å². The molecule has 0 amide bonds. The van der Waals surface area contributed by atoms with E-state index >= 15 is 0 Å². The molecule has 0 saturated carbocycles. The molecule has 0 aliphatic carbocycles. The highest BCUT2D eigenvalue weighted by Gasteiger charge is 2.40. The molecule has 0 unspecified atom stereocenters. The summed E-state index contributed by atoms with van der Waals surface area (Å²) in [5.41, 5.74) is -0.0485. The summed E-state index contributed by atoms with van der Waals surface area (Å²) in [5, 5.41) is 15.7. The van der Waals surface area contributed by atoms with Crippen LogP contribution in [0.15, 0.2) is 75.6 Å². The summed E-state index contributed by atoms with van der Waals surface area (Å²) in [6.45, 7) is 0.223. The molecule has 12 heteroatoms. The largest absolute Gasteiger partial charge is 0.283 e. The molecule has 1 saturated heterocycles. The highest BCUT2D eigenvalue weighted by molar-refractivity contribution is 7.99. The van der Waals surface area contributed by atoms with Gasteiger partial charge in [-0.25, -0.2) is 13.1 Å². The average molecular weight is 493 g/mol. The van der Waals surface area contributed by atoms with Crippen LogP contribution >= 0.6 is 23.4 Å². The number of carbonyl (C=O) groups is 1. The molecule has 2 heterocycles. The predicted molar refractivity (Wildman–Crippen MR) is 118 cm³/mol. The van der Waals surface area contributed by atoms with E-state index in [-0.39, 0.29) is 17.1 Å². The van der Waals surface area contributed by atoms with E-state index in [1.807, 2.05) is 0 Å². The van der Waals surface area contributed by atoms with Crippen molar-refractivity contribution in [2.45, 2.75) is 33.6 Å². The van der Waals surface area contributed by atoms with Crippen LogP contribution < -0.4 is 0 Å².